The fourth-order valence-electron chi connectivity index (χ4n) is 3.67. The van der Waals surface area contributed by atoms with Crippen molar-refractivity contribution in [2.24, 2.45) is 4.99 Å². The molecule has 5 rings (SSSR count). The summed E-state index contributed by atoms with van der Waals surface area (Å²) in [6.07, 6.45) is 0. The van der Waals surface area contributed by atoms with Crippen molar-refractivity contribution in [1.82, 2.24) is 0 Å². The summed E-state index contributed by atoms with van der Waals surface area (Å²) in [5, 5.41) is -0.00873. The second kappa shape index (κ2) is 6.74. The van der Waals surface area contributed by atoms with Gasteiger partial charge in [-0.25, -0.2) is 12.8 Å². The number of sulfone groups is 1. The topological polar surface area (TPSA) is 85.3 Å². The van der Waals surface area contributed by atoms with Gasteiger partial charge in [-0.2, -0.15) is 4.99 Å². The van der Waals surface area contributed by atoms with E-state index in [0.29, 0.717) is 22.2 Å². The Balaban J connectivity index is 1.52. The minimum absolute atomic E-state index is 0.0233. The lowest BCUT2D eigenvalue weighted by Crippen LogP contribution is -2.38. The van der Waals surface area contributed by atoms with Crippen molar-refractivity contribution >= 4 is 38.4 Å². The van der Waals surface area contributed by atoms with E-state index < -0.39 is 27.6 Å². The van der Waals surface area contributed by atoms with Crippen LogP contribution >= 0.6 is 11.8 Å². The van der Waals surface area contributed by atoms with E-state index in [9.17, 15) is 17.6 Å². The number of thioether (sulfide) groups is 1. The van der Waals surface area contributed by atoms with Crippen molar-refractivity contribution in [1.29, 1.82) is 0 Å². The van der Waals surface area contributed by atoms with E-state index in [1.54, 1.807) is 41.3 Å². The van der Waals surface area contributed by atoms with E-state index in [-0.39, 0.29) is 29.2 Å². The highest BCUT2D eigenvalue weighted by molar-refractivity contribution is 8.16. The maximum Gasteiger partial charge on any atom is 0.279 e. The number of carbonyl (C=O) groups is 1. The molecule has 0 N–H and O–H groups in total. The Bertz CT molecular complexity index is 1150. The first-order valence-electron chi connectivity index (χ1n) is 8.85. The first-order valence-corrected chi connectivity index (χ1v) is 11.5. The lowest BCUT2D eigenvalue weighted by Gasteiger charge is -2.24. The number of benzene rings is 2. The highest BCUT2D eigenvalue weighted by Gasteiger charge is 2.50. The molecule has 2 fully saturated rings. The standard InChI is InChI=1S/C19H15FN2O5S2/c20-12-3-1-2-4-13(12)22-14-8-29(24,25)9-17(14)28-19(22)21-18(23)11-5-6-15-16(7-11)27-10-26-15/h1-7,14,17H,8-10H2/t14-,17+/m1/s1. The summed E-state index contributed by atoms with van der Waals surface area (Å²) in [4.78, 5) is 18.5. The predicted octanol–water partition coefficient (Wildman–Crippen LogP) is 2.47. The lowest BCUT2D eigenvalue weighted by atomic mass is 10.2. The minimum atomic E-state index is -3.23. The molecule has 0 radical (unpaired) electrons. The summed E-state index contributed by atoms with van der Waals surface area (Å²) in [7, 11) is -3.23. The Morgan fingerprint density at radius 2 is 1.93 bits per heavy atom. The number of rotatable bonds is 2. The largest absolute Gasteiger partial charge is 0.454 e. The summed E-state index contributed by atoms with van der Waals surface area (Å²) in [5.41, 5.74) is 0.516. The third-order valence-electron chi connectivity index (χ3n) is 5.00. The van der Waals surface area contributed by atoms with Crippen molar-refractivity contribution < 1.29 is 27.1 Å². The molecule has 0 spiro atoms. The van der Waals surface area contributed by atoms with Crippen molar-refractivity contribution in [2.75, 3.05) is 23.2 Å². The number of anilines is 1. The van der Waals surface area contributed by atoms with Crippen LogP contribution < -0.4 is 14.4 Å². The van der Waals surface area contributed by atoms with E-state index in [0.717, 1.165) is 0 Å². The summed E-state index contributed by atoms with van der Waals surface area (Å²) in [6.45, 7) is 0.0935. The van der Waals surface area contributed by atoms with Crippen LogP contribution in [-0.4, -0.2) is 49.1 Å². The van der Waals surface area contributed by atoms with Gasteiger partial charge < -0.3 is 14.4 Å². The lowest BCUT2D eigenvalue weighted by molar-refractivity contribution is 0.100. The van der Waals surface area contributed by atoms with Crippen LogP contribution in [0.1, 0.15) is 10.4 Å². The molecule has 0 aromatic heterocycles. The van der Waals surface area contributed by atoms with E-state index in [4.69, 9.17) is 9.47 Å². The minimum Gasteiger partial charge on any atom is -0.454 e. The molecule has 2 saturated heterocycles. The van der Waals surface area contributed by atoms with E-state index in [2.05, 4.69) is 4.99 Å². The van der Waals surface area contributed by atoms with Gasteiger partial charge in [-0.3, -0.25) is 4.79 Å². The number of carbonyl (C=O) groups excluding carboxylic acids is 1. The summed E-state index contributed by atoms with van der Waals surface area (Å²) < 4.78 is 49.2. The third-order valence-corrected chi connectivity index (χ3v) is 8.21. The summed E-state index contributed by atoms with van der Waals surface area (Å²) in [5.74, 6) is -0.127. The van der Waals surface area contributed by atoms with Crippen LogP contribution in [0.5, 0.6) is 11.5 Å². The molecule has 2 aromatic carbocycles. The Morgan fingerprint density at radius 1 is 1.14 bits per heavy atom. The Hall–Kier alpha value is -2.59. The Morgan fingerprint density at radius 3 is 2.76 bits per heavy atom. The molecular formula is C19H15FN2O5S2. The van der Waals surface area contributed by atoms with E-state index >= 15 is 0 Å². The zero-order valence-corrected chi connectivity index (χ0v) is 16.6. The molecule has 3 aliphatic rings. The highest BCUT2D eigenvalue weighted by Crippen LogP contribution is 2.42. The number of amidine groups is 1. The molecule has 2 atom stereocenters. The van der Waals surface area contributed by atoms with Crippen LogP contribution in [0.25, 0.3) is 0 Å². The number of hydrogen-bond donors (Lipinski definition) is 0. The molecule has 7 nitrogen and oxygen atoms in total. The highest BCUT2D eigenvalue weighted by atomic mass is 32.2. The molecule has 150 valence electrons. The fourth-order valence-corrected chi connectivity index (χ4v) is 7.58. The first kappa shape index (κ1) is 18.4. The second-order valence-electron chi connectivity index (χ2n) is 6.89. The SMILES string of the molecule is O=C(N=C1S[C@H]2CS(=O)(=O)C[C@H]2N1c1ccccc1F)c1ccc2c(c1)OCO2. The molecule has 2 aromatic rings. The van der Waals surface area contributed by atoms with Crippen LogP contribution in [0.3, 0.4) is 0 Å². The van der Waals surface area contributed by atoms with E-state index in [1.165, 1.54) is 17.8 Å². The van der Waals surface area contributed by atoms with Crippen LogP contribution in [0.2, 0.25) is 0 Å². The zero-order chi connectivity index (χ0) is 20.2. The number of amides is 1. The smallest absolute Gasteiger partial charge is 0.279 e. The summed E-state index contributed by atoms with van der Waals surface area (Å²) >= 11 is 1.20. The molecule has 0 bridgehead atoms. The molecule has 3 heterocycles. The maximum absolute atomic E-state index is 14.5. The monoisotopic (exact) mass is 434 g/mol. The quantitative estimate of drug-likeness (QED) is 0.718. The van der Waals surface area contributed by atoms with Gasteiger partial charge >= 0.3 is 0 Å². The van der Waals surface area contributed by atoms with Crippen molar-refractivity contribution in [3.63, 3.8) is 0 Å². The van der Waals surface area contributed by atoms with Gasteiger partial charge in [0.1, 0.15) is 5.82 Å². The number of para-hydroxylation sites is 1. The third kappa shape index (κ3) is 3.25. The van der Waals surface area contributed by atoms with Gasteiger partial charge in [0.15, 0.2) is 26.5 Å². The Kier molecular flexibility index (Phi) is 4.28. The average Bonchev–Trinajstić information content (AvgIpc) is 3.34. The molecule has 29 heavy (non-hydrogen) atoms. The van der Waals surface area contributed by atoms with Gasteiger partial charge in [-0.1, -0.05) is 23.9 Å². The number of fused-ring (bicyclic) bond motifs is 2. The molecule has 1 amide bonds. The second-order valence-corrected chi connectivity index (χ2v) is 10.2. The molecule has 0 saturated carbocycles. The van der Waals surface area contributed by atoms with Crippen molar-refractivity contribution in [3.8, 4) is 11.5 Å². The molecular weight excluding hydrogens is 419 g/mol. The predicted molar refractivity (Wildman–Crippen MR) is 107 cm³/mol. The zero-order valence-electron chi connectivity index (χ0n) is 14.9. The normalized spacial score (nSPS) is 25.4. The molecule has 0 unspecified atom stereocenters. The number of ether oxygens (including phenoxy) is 2. The van der Waals surface area contributed by atoms with Crippen LogP contribution in [0, 0.1) is 5.82 Å². The van der Waals surface area contributed by atoms with Gasteiger partial charge in [-0.05, 0) is 30.3 Å². The van der Waals surface area contributed by atoms with Gasteiger partial charge in [0.25, 0.3) is 5.91 Å². The molecule has 10 heteroatoms. The molecule has 0 aliphatic carbocycles. The number of halogens is 1. The fraction of sp³-hybridized carbons (Fsp3) is 0.263. The van der Waals surface area contributed by atoms with Gasteiger partial charge in [-0.15, -0.1) is 0 Å². The van der Waals surface area contributed by atoms with Gasteiger partial charge in [0.2, 0.25) is 6.79 Å². The van der Waals surface area contributed by atoms with Crippen LogP contribution in [0.4, 0.5) is 10.1 Å². The number of nitrogens with zero attached hydrogens (tertiary/aromatic N) is 2. The Labute approximate surface area is 170 Å². The van der Waals surface area contributed by atoms with Crippen LogP contribution in [-0.2, 0) is 9.84 Å². The number of aliphatic imine (C=N–C) groups is 1. The van der Waals surface area contributed by atoms with E-state index in [1.807, 2.05) is 0 Å². The van der Waals surface area contributed by atoms with Crippen LogP contribution in [0.15, 0.2) is 47.5 Å². The van der Waals surface area contributed by atoms with Gasteiger partial charge in [0, 0.05) is 10.8 Å². The summed E-state index contributed by atoms with van der Waals surface area (Å²) in [6, 6.07) is 10.4. The van der Waals surface area contributed by atoms with Crippen molar-refractivity contribution in [2.45, 2.75) is 11.3 Å². The van der Waals surface area contributed by atoms with Crippen molar-refractivity contribution in [3.05, 3.63) is 53.8 Å². The average molecular weight is 434 g/mol. The van der Waals surface area contributed by atoms with Gasteiger partial charge in [0.05, 0.1) is 23.2 Å². The molecule has 3 aliphatic heterocycles. The maximum atomic E-state index is 14.5. The first-order chi connectivity index (χ1) is 13.9. The number of hydrogen-bond acceptors (Lipinski definition) is 6.